The molecule has 0 bridgehead atoms. The summed E-state index contributed by atoms with van der Waals surface area (Å²) < 4.78 is 25.6. The first-order valence-corrected chi connectivity index (χ1v) is 13.4. The van der Waals surface area contributed by atoms with Crippen molar-refractivity contribution in [3.8, 4) is 0 Å². The van der Waals surface area contributed by atoms with Gasteiger partial charge in [0.05, 0.1) is 77.5 Å². The van der Waals surface area contributed by atoms with Gasteiger partial charge in [-0.15, -0.1) is 0 Å². The predicted octanol–water partition coefficient (Wildman–Crippen LogP) is 2.31. The molecular weight excluding hydrogens is 395 g/mol. The van der Waals surface area contributed by atoms with Crippen LogP contribution in [-0.2, 0) is 28.5 Å². The predicted molar refractivity (Wildman–Crippen MR) is 118 cm³/mol. The van der Waals surface area contributed by atoms with E-state index in [4.69, 9.17) is 23.7 Å². The van der Waals surface area contributed by atoms with Crippen LogP contribution in [0.2, 0.25) is 0 Å². The number of ether oxygens (including phenoxy) is 5. The Morgan fingerprint density at radius 1 is 0.724 bits per heavy atom. The van der Waals surface area contributed by atoms with Crippen molar-refractivity contribution in [2.75, 3.05) is 91.2 Å². The van der Waals surface area contributed by atoms with Gasteiger partial charge in [-0.1, -0.05) is 6.92 Å². The number of hydrogen-bond acceptors (Lipinski definition) is 7. The molecular formula is C21H45O7P. The summed E-state index contributed by atoms with van der Waals surface area (Å²) in [7, 11) is 1.00. The summed E-state index contributed by atoms with van der Waals surface area (Å²) in [5.74, 6) is -1.10. The second-order valence-corrected chi connectivity index (χ2v) is 11.4. The zero-order valence-electron chi connectivity index (χ0n) is 19.4. The number of carboxylic acid groups (broad SMARTS) is 1. The van der Waals surface area contributed by atoms with Crippen molar-refractivity contribution < 1.29 is 33.6 Å². The van der Waals surface area contributed by atoms with Gasteiger partial charge in [0.2, 0.25) is 0 Å². The lowest BCUT2D eigenvalue weighted by Crippen LogP contribution is -2.24. The third kappa shape index (κ3) is 22.2. The van der Waals surface area contributed by atoms with E-state index in [1.54, 1.807) is 7.11 Å². The van der Waals surface area contributed by atoms with E-state index in [0.29, 0.717) is 39.6 Å². The lowest BCUT2D eigenvalue weighted by Gasteiger charge is -2.24. The van der Waals surface area contributed by atoms with Gasteiger partial charge in [-0.25, -0.2) is 0 Å². The fourth-order valence-corrected chi connectivity index (χ4v) is 6.09. The van der Waals surface area contributed by atoms with Crippen molar-refractivity contribution in [2.45, 2.75) is 40.5 Å². The van der Waals surface area contributed by atoms with Crippen molar-refractivity contribution in [3.05, 3.63) is 0 Å². The fourth-order valence-electron chi connectivity index (χ4n) is 2.68. The first kappa shape index (κ1) is 30.9. The van der Waals surface area contributed by atoms with E-state index < -0.39 is 13.2 Å². The molecule has 0 aliphatic carbocycles. The Kier molecular flexibility index (Phi) is 25.5. The van der Waals surface area contributed by atoms with Gasteiger partial charge in [0.25, 0.3) is 0 Å². The molecule has 0 aliphatic heterocycles. The van der Waals surface area contributed by atoms with Crippen molar-refractivity contribution >= 4 is 13.2 Å². The maximum absolute atomic E-state index is 10.0. The van der Waals surface area contributed by atoms with Crippen molar-refractivity contribution in [3.63, 3.8) is 0 Å². The van der Waals surface area contributed by atoms with Crippen LogP contribution in [-0.4, -0.2) is 97.2 Å². The van der Waals surface area contributed by atoms with Gasteiger partial charge in [-0.2, -0.15) is 0 Å². The molecule has 0 heterocycles. The highest BCUT2D eigenvalue weighted by molar-refractivity contribution is 7.75. The number of carbonyl (C=O) groups is 1. The minimum atomic E-state index is -1.10. The van der Waals surface area contributed by atoms with E-state index in [1.165, 1.54) is 31.1 Å². The van der Waals surface area contributed by atoms with E-state index in [2.05, 4.69) is 27.7 Å². The third-order valence-electron chi connectivity index (χ3n) is 4.58. The maximum Gasteiger partial charge on any atom is 0.0827 e. The molecule has 0 N–H and O–H groups in total. The van der Waals surface area contributed by atoms with Crippen LogP contribution in [0.15, 0.2) is 0 Å². The molecule has 0 aromatic carbocycles. The van der Waals surface area contributed by atoms with E-state index >= 15 is 0 Å². The summed E-state index contributed by atoms with van der Waals surface area (Å²) in [6, 6.07) is 0. The number of carbonyl (C=O) groups excluding carboxylic acids is 1. The smallest absolute Gasteiger partial charge is 0.0827 e. The van der Waals surface area contributed by atoms with Crippen LogP contribution >= 0.6 is 7.26 Å². The minimum Gasteiger partial charge on any atom is -0.550 e. The van der Waals surface area contributed by atoms with E-state index in [1.807, 2.05) is 0 Å². The zero-order chi connectivity index (χ0) is 22.2. The Morgan fingerprint density at radius 2 is 1.24 bits per heavy atom. The Labute approximate surface area is 179 Å². The molecule has 7 nitrogen and oxygen atoms in total. The standard InChI is InChI=1S/C11H26OP.C10H20O6/c1-5-10-13(7-3,8-4)11-9-12-6-2;1-13-4-5-15-8-9-16-7-6-14-3-2-10(11)12/h5-11H2,1-4H3;2-9H2,1H3,(H,11,12)/q+1;/p-1. The average Bonchev–Trinajstić information content (AvgIpc) is 2.72. The maximum atomic E-state index is 10.0. The molecule has 0 fully saturated rings. The minimum absolute atomic E-state index is 0.0832. The summed E-state index contributed by atoms with van der Waals surface area (Å²) in [6.45, 7) is 14.1. The highest BCUT2D eigenvalue weighted by Gasteiger charge is 2.31. The lowest BCUT2D eigenvalue weighted by molar-refractivity contribution is -0.306. The van der Waals surface area contributed by atoms with Gasteiger partial charge in [0, 0.05) is 33.4 Å². The van der Waals surface area contributed by atoms with Crippen LogP contribution in [0, 0.1) is 0 Å². The quantitative estimate of drug-likeness (QED) is 0.212. The first-order valence-electron chi connectivity index (χ1n) is 10.9. The first-order chi connectivity index (χ1) is 14.0. The van der Waals surface area contributed by atoms with Gasteiger partial charge in [-0.05, 0) is 27.2 Å². The van der Waals surface area contributed by atoms with Crippen LogP contribution in [0.5, 0.6) is 0 Å². The Balaban J connectivity index is 0. The normalized spacial score (nSPS) is 11.2. The molecule has 0 spiro atoms. The Bertz CT molecular complexity index is 339. The molecule has 0 amide bonds. The summed E-state index contributed by atoms with van der Waals surface area (Å²) in [5, 5.41) is 10.0. The van der Waals surface area contributed by atoms with Crippen molar-refractivity contribution in [2.24, 2.45) is 0 Å². The average molecular weight is 441 g/mol. The molecule has 0 aliphatic rings. The highest BCUT2D eigenvalue weighted by Crippen LogP contribution is 2.58. The number of methoxy groups -OCH3 is 1. The molecule has 0 aromatic rings. The van der Waals surface area contributed by atoms with Gasteiger partial charge >= 0.3 is 0 Å². The lowest BCUT2D eigenvalue weighted by atomic mass is 10.5. The second kappa shape index (κ2) is 24.0. The number of aliphatic carboxylic acids is 1. The van der Waals surface area contributed by atoms with Gasteiger partial charge in [0.1, 0.15) is 0 Å². The molecule has 0 saturated heterocycles. The Hall–Kier alpha value is -0.300. The molecule has 8 heteroatoms. The SMILES string of the molecule is CCC[P+](CC)(CC)CCOCC.COCCOCCOCCOCCC(=O)[O-]. The highest BCUT2D eigenvalue weighted by atomic mass is 31.2. The van der Waals surface area contributed by atoms with E-state index in [9.17, 15) is 9.90 Å². The van der Waals surface area contributed by atoms with Gasteiger partial charge in [0.15, 0.2) is 0 Å². The third-order valence-corrected chi connectivity index (χ3v) is 9.79. The van der Waals surface area contributed by atoms with Crippen LogP contribution in [0.25, 0.3) is 0 Å². The van der Waals surface area contributed by atoms with Crippen LogP contribution < -0.4 is 5.11 Å². The van der Waals surface area contributed by atoms with Crippen LogP contribution in [0.4, 0.5) is 0 Å². The zero-order valence-corrected chi connectivity index (χ0v) is 20.3. The molecule has 29 heavy (non-hydrogen) atoms. The molecule has 0 atom stereocenters. The summed E-state index contributed by atoms with van der Waals surface area (Å²) in [5.41, 5.74) is 0. The van der Waals surface area contributed by atoms with Crippen molar-refractivity contribution in [1.29, 1.82) is 0 Å². The second-order valence-electron chi connectivity index (χ2n) is 6.57. The van der Waals surface area contributed by atoms with Crippen molar-refractivity contribution in [1.82, 2.24) is 0 Å². The Morgan fingerprint density at radius 3 is 1.66 bits per heavy atom. The summed E-state index contributed by atoms with van der Waals surface area (Å²) in [4.78, 5) is 10.0. The molecule has 0 radical (unpaired) electrons. The number of rotatable bonds is 20. The van der Waals surface area contributed by atoms with Crippen LogP contribution in [0.1, 0.15) is 40.5 Å². The fraction of sp³-hybridized carbons (Fsp3) is 0.952. The van der Waals surface area contributed by atoms with E-state index in [-0.39, 0.29) is 13.0 Å². The summed E-state index contributed by atoms with van der Waals surface area (Å²) >= 11 is 0. The monoisotopic (exact) mass is 440 g/mol. The number of carboxylic acids is 1. The van der Waals surface area contributed by atoms with E-state index in [0.717, 1.165) is 13.2 Å². The summed E-state index contributed by atoms with van der Waals surface area (Å²) in [6.07, 6.45) is 6.89. The van der Waals surface area contributed by atoms with Gasteiger partial charge in [-0.3, -0.25) is 0 Å². The molecule has 0 saturated carbocycles. The van der Waals surface area contributed by atoms with Gasteiger partial charge < -0.3 is 33.6 Å². The molecule has 0 rings (SSSR count). The molecule has 0 aromatic heterocycles. The van der Waals surface area contributed by atoms with Crippen LogP contribution in [0.3, 0.4) is 0 Å². The molecule has 0 unspecified atom stereocenters. The topological polar surface area (TPSA) is 86.3 Å². The molecule has 176 valence electrons. The number of hydrogen-bond donors (Lipinski definition) is 0. The largest absolute Gasteiger partial charge is 0.550 e.